The van der Waals surface area contributed by atoms with Crippen LogP contribution in [0.15, 0.2) is 29.2 Å². The third-order valence-corrected chi connectivity index (χ3v) is 1.97. The molecule has 0 spiro atoms. The highest BCUT2D eigenvalue weighted by Crippen LogP contribution is 2.08. The van der Waals surface area contributed by atoms with E-state index in [0.29, 0.717) is 6.54 Å². The van der Waals surface area contributed by atoms with Gasteiger partial charge in [0.05, 0.1) is 5.54 Å². The Morgan fingerprint density at radius 1 is 1.50 bits per heavy atom. The third kappa shape index (κ3) is 1.56. The third-order valence-electron chi connectivity index (χ3n) is 1.97. The van der Waals surface area contributed by atoms with Crippen molar-refractivity contribution in [1.29, 1.82) is 0 Å². The second-order valence-corrected chi connectivity index (χ2v) is 3.43. The fraction of sp³-hybridized carbons (Fsp3) is 0.444. The molecule has 12 heavy (non-hydrogen) atoms. The van der Waals surface area contributed by atoms with Crippen LogP contribution >= 0.6 is 0 Å². The van der Waals surface area contributed by atoms with E-state index in [0.717, 1.165) is 0 Å². The zero-order chi connectivity index (χ0) is 9.19. The van der Waals surface area contributed by atoms with Crippen molar-refractivity contribution in [2.45, 2.75) is 19.4 Å². The zero-order valence-electron chi connectivity index (χ0n) is 7.45. The molecule has 0 radical (unpaired) electrons. The fourth-order valence-corrected chi connectivity index (χ4v) is 1.03. The van der Waals surface area contributed by atoms with Crippen LogP contribution in [-0.4, -0.2) is 11.1 Å². The van der Waals surface area contributed by atoms with Crippen LogP contribution in [0.25, 0.3) is 0 Å². The van der Waals surface area contributed by atoms with Gasteiger partial charge in [-0.2, -0.15) is 0 Å². The summed E-state index contributed by atoms with van der Waals surface area (Å²) in [5, 5.41) is 0. The van der Waals surface area contributed by atoms with Crippen LogP contribution in [0.4, 0.5) is 0 Å². The van der Waals surface area contributed by atoms with Crippen molar-refractivity contribution in [1.82, 2.24) is 4.57 Å². The minimum atomic E-state index is -0.293. The summed E-state index contributed by atoms with van der Waals surface area (Å²) in [6, 6.07) is 5.10. The maximum absolute atomic E-state index is 11.3. The minimum Gasteiger partial charge on any atom is -0.328 e. The standard InChI is InChI=1S/C9H14N2O/c1-9(2,7-10)11-6-4-3-5-8(11)12/h3-6H,7,10H2,1-2H3. The predicted molar refractivity (Wildman–Crippen MR) is 49.1 cm³/mol. The number of nitrogens with zero attached hydrogens (tertiary/aromatic N) is 1. The molecule has 1 aromatic rings. The Hall–Kier alpha value is -1.09. The first-order valence-corrected chi connectivity index (χ1v) is 3.96. The Labute approximate surface area is 71.8 Å². The molecule has 0 saturated heterocycles. The Kier molecular flexibility index (Phi) is 2.33. The Morgan fingerprint density at radius 3 is 2.67 bits per heavy atom. The molecule has 0 aliphatic heterocycles. The van der Waals surface area contributed by atoms with E-state index in [1.54, 1.807) is 16.8 Å². The monoisotopic (exact) mass is 166 g/mol. The average molecular weight is 166 g/mol. The van der Waals surface area contributed by atoms with Gasteiger partial charge in [-0.3, -0.25) is 4.79 Å². The van der Waals surface area contributed by atoms with Gasteiger partial charge < -0.3 is 10.3 Å². The normalized spacial score (nSPS) is 11.6. The quantitative estimate of drug-likeness (QED) is 0.697. The molecule has 0 unspecified atom stereocenters. The van der Waals surface area contributed by atoms with Crippen molar-refractivity contribution in [2.24, 2.45) is 5.73 Å². The van der Waals surface area contributed by atoms with Crippen LogP contribution in [0, 0.1) is 0 Å². The molecule has 2 N–H and O–H groups in total. The van der Waals surface area contributed by atoms with Crippen molar-refractivity contribution >= 4 is 0 Å². The van der Waals surface area contributed by atoms with E-state index < -0.39 is 0 Å². The number of rotatable bonds is 2. The van der Waals surface area contributed by atoms with Crippen molar-refractivity contribution in [2.75, 3.05) is 6.54 Å². The van der Waals surface area contributed by atoms with E-state index in [2.05, 4.69) is 0 Å². The lowest BCUT2D eigenvalue weighted by molar-refractivity contribution is 0.355. The molecule has 66 valence electrons. The molecule has 1 rings (SSSR count). The van der Waals surface area contributed by atoms with Gasteiger partial charge >= 0.3 is 0 Å². The summed E-state index contributed by atoms with van der Waals surface area (Å²) in [6.45, 7) is 4.33. The van der Waals surface area contributed by atoms with E-state index in [1.165, 1.54) is 6.07 Å². The molecule has 0 aliphatic carbocycles. The molecule has 1 heterocycles. The lowest BCUT2D eigenvalue weighted by Crippen LogP contribution is -2.41. The van der Waals surface area contributed by atoms with E-state index in [9.17, 15) is 4.79 Å². The number of nitrogens with two attached hydrogens (primary N) is 1. The molecule has 0 saturated carbocycles. The van der Waals surface area contributed by atoms with Crippen LogP contribution in [0.1, 0.15) is 13.8 Å². The SMILES string of the molecule is CC(C)(CN)n1ccccc1=O. The minimum absolute atomic E-state index is 0.00653. The highest BCUT2D eigenvalue weighted by molar-refractivity contribution is 4.97. The second-order valence-electron chi connectivity index (χ2n) is 3.43. The summed E-state index contributed by atoms with van der Waals surface area (Å²) in [7, 11) is 0. The maximum Gasteiger partial charge on any atom is 0.251 e. The Bertz CT molecular complexity index is 314. The van der Waals surface area contributed by atoms with Crippen LogP contribution < -0.4 is 11.3 Å². The predicted octanol–water partition coefficient (Wildman–Crippen LogP) is 0.542. The van der Waals surface area contributed by atoms with E-state index in [-0.39, 0.29) is 11.1 Å². The molecule has 3 nitrogen and oxygen atoms in total. The first kappa shape index (κ1) is 9.00. The molecule has 0 bridgehead atoms. The summed E-state index contributed by atoms with van der Waals surface area (Å²) < 4.78 is 1.65. The second kappa shape index (κ2) is 3.11. The molecule has 1 aromatic heterocycles. The number of pyridine rings is 1. The summed E-state index contributed by atoms with van der Waals surface area (Å²) >= 11 is 0. The zero-order valence-corrected chi connectivity index (χ0v) is 7.45. The van der Waals surface area contributed by atoms with Gasteiger partial charge in [-0.25, -0.2) is 0 Å². The summed E-state index contributed by atoms with van der Waals surface area (Å²) in [4.78, 5) is 11.3. The first-order valence-electron chi connectivity index (χ1n) is 3.96. The van der Waals surface area contributed by atoms with Crippen LogP contribution in [-0.2, 0) is 5.54 Å². The van der Waals surface area contributed by atoms with E-state index in [4.69, 9.17) is 5.73 Å². The molecule has 0 fully saturated rings. The first-order chi connectivity index (χ1) is 5.58. The summed E-state index contributed by atoms with van der Waals surface area (Å²) in [6.07, 6.45) is 1.76. The fourth-order valence-electron chi connectivity index (χ4n) is 1.03. The van der Waals surface area contributed by atoms with Gasteiger partial charge in [-0.1, -0.05) is 6.07 Å². The highest BCUT2D eigenvalue weighted by Gasteiger charge is 2.17. The molecule has 0 aliphatic rings. The van der Waals surface area contributed by atoms with Crippen molar-refractivity contribution < 1.29 is 0 Å². The Morgan fingerprint density at radius 2 is 2.17 bits per heavy atom. The lowest BCUT2D eigenvalue weighted by Gasteiger charge is -2.25. The van der Waals surface area contributed by atoms with Gasteiger partial charge in [-0.15, -0.1) is 0 Å². The topological polar surface area (TPSA) is 48.0 Å². The van der Waals surface area contributed by atoms with Crippen LogP contribution in [0.2, 0.25) is 0 Å². The maximum atomic E-state index is 11.3. The smallest absolute Gasteiger partial charge is 0.251 e. The van der Waals surface area contributed by atoms with E-state index in [1.807, 2.05) is 19.9 Å². The van der Waals surface area contributed by atoms with Gasteiger partial charge in [0.1, 0.15) is 0 Å². The van der Waals surface area contributed by atoms with Gasteiger partial charge in [0.25, 0.3) is 5.56 Å². The number of aromatic nitrogens is 1. The molecule has 0 aromatic carbocycles. The molecular weight excluding hydrogens is 152 g/mol. The summed E-state index contributed by atoms with van der Waals surface area (Å²) in [5.74, 6) is 0. The molecule has 0 atom stereocenters. The number of hydrogen-bond donors (Lipinski definition) is 1. The van der Waals surface area contributed by atoms with Crippen molar-refractivity contribution in [3.05, 3.63) is 34.7 Å². The molecular formula is C9H14N2O. The number of hydrogen-bond acceptors (Lipinski definition) is 2. The van der Waals surface area contributed by atoms with Gasteiger partial charge in [-0.05, 0) is 19.9 Å². The Balaban J connectivity index is 3.20. The molecule has 0 amide bonds. The summed E-state index contributed by atoms with van der Waals surface area (Å²) in [5.41, 5.74) is 5.25. The van der Waals surface area contributed by atoms with Crippen molar-refractivity contribution in [3.63, 3.8) is 0 Å². The highest BCUT2D eigenvalue weighted by atomic mass is 16.1. The van der Waals surface area contributed by atoms with Gasteiger partial charge in [0.15, 0.2) is 0 Å². The van der Waals surface area contributed by atoms with Gasteiger partial charge in [0.2, 0.25) is 0 Å². The average Bonchev–Trinajstić information content (AvgIpc) is 2.05. The van der Waals surface area contributed by atoms with Gasteiger partial charge in [0, 0.05) is 18.8 Å². The van der Waals surface area contributed by atoms with Crippen LogP contribution in [0.5, 0.6) is 0 Å². The lowest BCUT2D eigenvalue weighted by atomic mass is 10.1. The largest absolute Gasteiger partial charge is 0.328 e. The van der Waals surface area contributed by atoms with Crippen molar-refractivity contribution in [3.8, 4) is 0 Å². The van der Waals surface area contributed by atoms with Crippen LogP contribution in [0.3, 0.4) is 0 Å². The van der Waals surface area contributed by atoms with E-state index >= 15 is 0 Å². The molecule has 3 heteroatoms.